The highest BCUT2D eigenvalue weighted by Gasteiger charge is 2.15. The monoisotopic (exact) mass is 370 g/mol. The number of hydrogen-bond acceptors (Lipinski definition) is 3. The summed E-state index contributed by atoms with van der Waals surface area (Å²) in [6, 6.07) is 23.4. The molecule has 5 heteroatoms. The van der Waals surface area contributed by atoms with E-state index in [2.05, 4.69) is 10.3 Å². The Morgan fingerprint density at radius 3 is 2.32 bits per heavy atom. The van der Waals surface area contributed by atoms with E-state index in [4.69, 9.17) is 0 Å². The molecule has 4 rings (SSSR count). The lowest BCUT2D eigenvalue weighted by Crippen LogP contribution is -2.22. The Bertz CT molecular complexity index is 1200. The second-order valence-corrected chi connectivity index (χ2v) is 6.47. The molecule has 0 saturated heterocycles. The van der Waals surface area contributed by atoms with Gasteiger partial charge in [-0.25, -0.2) is 0 Å². The number of carbonyl (C=O) groups is 1. The summed E-state index contributed by atoms with van der Waals surface area (Å²) in [6.45, 7) is 0.407. The van der Waals surface area contributed by atoms with Crippen LogP contribution < -0.4 is 10.9 Å². The van der Waals surface area contributed by atoms with E-state index in [1.54, 1.807) is 42.5 Å². The molecule has 0 atom stereocenters. The maximum absolute atomic E-state index is 12.5. The van der Waals surface area contributed by atoms with Gasteiger partial charge in [0.2, 0.25) is 0 Å². The Balaban J connectivity index is 1.70. The van der Waals surface area contributed by atoms with Crippen LogP contribution in [0.15, 0.2) is 83.7 Å². The van der Waals surface area contributed by atoms with E-state index in [-0.39, 0.29) is 22.8 Å². The molecular formula is C23H18N2O3. The standard InChI is InChI=1S/C23H18N2O3/c26-21-18-13-17(22(27)24-14-15-7-3-1-4-8-15)11-12-19(18)25-23(28)20(21)16-9-5-2-6-10-16/h1-13H,14H2,(H,24,27)(H2,25,26,28). The van der Waals surface area contributed by atoms with Crippen LogP contribution >= 0.6 is 0 Å². The first-order chi connectivity index (χ1) is 13.6. The number of aromatic nitrogens is 1. The second kappa shape index (κ2) is 7.40. The lowest BCUT2D eigenvalue weighted by molar-refractivity contribution is 0.0951. The van der Waals surface area contributed by atoms with E-state index in [0.717, 1.165) is 5.56 Å². The zero-order valence-electron chi connectivity index (χ0n) is 15.0. The van der Waals surface area contributed by atoms with Crippen molar-refractivity contribution in [1.82, 2.24) is 10.3 Å². The highest BCUT2D eigenvalue weighted by molar-refractivity contribution is 6.00. The summed E-state index contributed by atoms with van der Waals surface area (Å²) in [5, 5.41) is 14.0. The topological polar surface area (TPSA) is 82.2 Å². The number of H-pyrrole nitrogens is 1. The highest BCUT2D eigenvalue weighted by atomic mass is 16.3. The van der Waals surface area contributed by atoms with Gasteiger partial charge in [0.25, 0.3) is 11.5 Å². The van der Waals surface area contributed by atoms with Crippen molar-refractivity contribution in [1.29, 1.82) is 0 Å². The largest absolute Gasteiger partial charge is 0.506 e. The minimum atomic E-state index is -0.377. The van der Waals surface area contributed by atoms with E-state index in [1.165, 1.54) is 0 Å². The van der Waals surface area contributed by atoms with Gasteiger partial charge >= 0.3 is 0 Å². The molecule has 0 aliphatic heterocycles. The van der Waals surface area contributed by atoms with Crippen molar-refractivity contribution in [2.75, 3.05) is 0 Å². The minimum Gasteiger partial charge on any atom is -0.506 e. The van der Waals surface area contributed by atoms with Crippen LogP contribution in [0.4, 0.5) is 0 Å². The van der Waals surface area contributed by atoms with E-state index in [0.29, 0.717) is 28.6 Å². The fraction of sp³-hybridized carbons (Fsp3) is 0.0435. The Hall–Kier alpha value is -3.86. The number of rotatable bonds is 4. The molecule has 1 heterocycles. The Labute approximate surface area is 161 Å². The second-order valence-electron chi connectivity index (χ2n) is 6.47. The van der Waals surface area contributed by atoms with Gasteiger partial charge < -0.3 is 15.4 Å². The van der Waals surface area contributed by atoms with Crippen LogP contribution in [0.3, 0.4) is 0 Å². The number of pyridine rings is 1. The molecule has 0 saturated carbocycles. The fourth-order valence-corrected chi connectivity index (χ4v) is 3.17. The number of benzene rings is 3. The van der Waals surface area contributed by atoms with Crippen molar-refractivity contribution in [3.63, 3.8) is 0 Å². The van der Waals surface area contributed by atoms with E-state index in [9.17, 15) is 14.7 Å². The molecule has 0 aliphatic rings. The van der Waals surface area contributed by atoms with Gasteiger partial charge in [0.1, 0.15) is 5.75 Å². The minimum absolute atomic E-state index is 0.136. The summed E-state index contributed by atoms with van der Waals surface area (Å²) in [6.07, 6.45) is 0. The smallest absolute Gasteiger partial charge is 0.260 e. The van der Waals surface area contributed by atoms with Crippen molar-refractivity contribution in [2.45, 2.75) is 6.54 Å². The molecular weight excluding hydrogens is 352 g/mol. The van der Waals surface area contributed by atoms with E-state index in [1.807, 2.05) is 36.4 Å². The summed E-state index contributed by atoms with van der Waals surface area (Å²) >= 11 is 0. The summed E-state index contributed by atoms with van der Waals surface area (Å²) in [4.78, 5) is 27.7. The van der Waals surface area contributed by atoms with Gasteiger partial charge in [-0.2, -0.15) is 0 Å². The van der Waals surface area contributed by atoms with Gasteiger partial charge in [-0.05, 0) is 29.3 Å². The van der Waals surface area contributed by atoms with Gasteiger partial charge in [0.05, 0.1) is 11.1 Å². The van der Waals surface area contributed by atoms with Gasteiger partial charge in [-0.3, -0.25) is 9.59 Å². The lowest BCUT2D eigenvalue weighted by atomic mass is 10.0. The number of carbonyl (C=O) groups excluding carboxylic acids is 1. The maximum Gasteiger partial charge on any atom is 0.260 e. The zero-order chi connectivity index (χ0) is 19.5. The predicted molar refractivity (Wildman–Crippen MR) is 109 cm³/mol. The van der Waals surface area contributed by atoms with Crippen LogP contribution in [-0.4, -0.2) is 16.0 Å². The third-order valence-electron chi connectivity index (χ3n) is 4.61. The van der Waals surface area contributed by atoms with Crippen molar-refractivity contribution in [3.8, 4) is 16.9 Å². The molecule has 0 fully saturated rings. The average Bonchev–Trinajstić information content (AvgIpc) is 2.73. The molecule has 1 aromatic heterocycles. The van der Waals surface area contributed by atoms with Gasteiger partial charge in [-0.15, -0.1) is 0 Å². The normalized spacial score (nSPS) is 10.7. The molecule has 3 aromatic carbocycles. The molecule has 0 unspecified atom stereocenters. The van der Waals surface area contributed by atoms with Crippen LogP contribution in [0.2, 0.25) is 0 Å². The number of aromatic amines is 1. The highest BCUT2D eigenvalue weighted by Crippen LogP contribution is 2.32. The molecule has 4 aromatic rings. The van der Waals surface area contributed by atoms with E-state index >= 15 is 0 Å². The fourth-order valence-electron chi connectivity index (χ4n) is 3.17. The molecule has 0 radical (unpaired) electrons. The SMILES string of the molecule is O=C(NCc1ccccc1)c1ccc2[nH]c(=O)c(-c3ccccc3)c(O)c2c1. The first kappa shape index (κ1) is 17.5. The molecule has 138 valence electrons. The quantitative estimate of drug-likeness (QED) is 0.511. The lowest BCUT2D eigenvalue weighted by Gasteiger charge is -2.10. The number of fused-ring (bicyclic) bond motifs is 1. The van der Waals surface area contributed by atoms with Gasteiger partial charge in [-0.1, -0.05) is 60.7 Å². The number of aromatic hydroxyl groups is 1. The molecule has 3 N–H and O–H groups in total. The third kappa shape index (κ3) is 3.38. The Morgan fingerprint density at radius 1 is 0.929 bits per heavy atom. The average molecular weight is 370 g/mol. The summed E-state index contributed by atoms with van der Waals surface area (Å²) < 4.78 is 0. The van der Waals surface area contributed by atoms with Crippen molar-refractivity contribution in [3.05, 3.63) is 100 Å². The summed E-state index contributed by atoms with van der Waals surface area (Å²) in [5.41, 5.74) is 2.30. The third-order valence-corrected chi connectivity index (χ3v) is 4.61. The number of hydrogen-bond donors (Lipinski definition) is 3. The molecule has 5 nitrogen and oxygen atoms in total. The van der Waals surface area contributed by atoms with Gasteiger partial charge in [0, 0.05) is 17.5 Å². The molecule has 1 amide bonds. The number of nitrogens with one attached hydrogen (secondary N) is 2. The van der Waals surface area contributed by atoms with Crippen LogP contribution in [-0.2, 0) is 6.54 Å². The van der Waals surface area contributed by atoms with E-state index < -0.39 is 0 Å². The molecule has 0 aliphatic carbocycles. The summed E-state index contributed by atoms with van der Waals surface area (Å²) in [5.74, 6) is -0.389. The van der Waals surface area contributed by atoms with Gasteiger partial charge in [0.15, 0.2) is 0 Å². The number of amides is 1. The zero-order valence-corrected chi connectivity index (χ0v) is 15.0. The van der Waals surface area contributed by atoms with Crippen LogP contribution in [0.25, 0.3) is 22.0 Å². The predicted octanol–water partition coefficient (Wildman–Crippen LogP) is 3.83. The Kier molecular flexibility index (Phi) is 4.64. The van der Waals surface area contributed by atoms with Crippen LogP contribution in [0.5, 0.6) is 5.75 Å². The van der Waals surface area contributed by atoms with Crippen molar-refractivity contribution in [2.24, 2.45) is 0 Å². The van der Waals surface area contributed by atoms with Crippen LogP contribution in [0.1, 0.15) is 15.9 Å². The summed E-state index contributed by atoms with van der Waals surface area (Å²) in [7, 11) is 0. The first-order valence-corrected chi connectivity index (χ1v) is 8.90. The molecule has 28 heavy (non-hydrogen) atoms. The Morgan fingerprint density at radius 2 is 1.61 bits per heavy atom. The van der Waals surface area contributed by atoms with Crippen molar-refractivity contribution >= 4 is 16.8 Å². The van der Waals surface area contributed by atoms with Crippen LogP contribution in [0, 0.1) is 0 Å². The van der Waals surface area contributed by atoms with Crippen molar-refractivity contribution < 1.29 is 9.90 Å². The molecule has 0 spiro atoms. The maximum atomic E-state index is 12.5. The first-order valence-electron chi connectivity index (χ1n) is 8.90. The molecule has 0 bridgehead atoms.